The molecule has 13 heteroatoms. The minimum Gasteiger partial charge on any atom is -0.491 e. The molecular formula is C24H28N8O5. The number of amides is 1. The van der Waals surface area contributed by atoms with Gasteiger partial charge in [0, 0.05) is 26.2 Å². The summed E-state index contributed by atoms with van der Waals surface area (Å²) >= 11 is 0. The second kappa shape index (κ2) is 10.9. The van der Waals surface area contributed by atoms with Crippen molar-refractivity contribution in [2.75, 3.05) is 51.9 Å². The van der Waals surface area contributed by atoms with Crippen LogP contribution in [0.15, 0.2) is 29.6 Å². The molecule has 0 bridgehead atoms. The minimum absolute atomic E-state index is 0.0626. The molecule has 1 aromatic carbocycles. The quantitative estimate of drug-likeness (QED) is 0.318. The first-order valence-electron chi connectivity index (χ1n) is 12.1. The van der Waals surface area contributed by atoms with Crippen molar-refractivity contribution in [3.63, 3.8) is 0 Å². The van der Waals surface area contributed by atoms with Gasteiger partial charge in [-0.25, -0.2) is 19.9 Å². The lowest BCUT2D eigenvalue weighted by atomic mass is 10.2. The van der Waals surface area contributed by atoms with Crippen LogP contribution in [0.3, 0.4) is 0 Å². The number of methoxy groups -OCH3 is 1. The van der Waals surface area contributed by atoms with E-state index in [1.807, 2.05) is 0 Å². The topological polar surface area (TPSA) is 149 Å². The number of hydrogen-bond acceptors (Lipinski definition) is 10. The number of hydrogen-bond donors (Lipinski definition) is 2. The van der Waals surface area contributed by atoms with Crippen molar-refractivity contribution in [1.82, 2.24) is 34.4 Å². The lowest BCUT2D eigenvalue weighted by molar-refractivity contribution is 0.0357. The second-order valence-corrected chi connectivity index (χ2v) is 8.41. The van der Waals surface area contributed by atoms with Crippen molar-refractivity contribution in [1.29, 1.82) is 0 Å². The highest BCUT2D eigenvalue weighted by Gasteiger charge is 2.21. The van der Waals surface area contributed by atoms with Gasteiger partial charge in [0.15, 0.2) is 22.8 Å². The Morgan fingerprint density at radius 1 is 1.19 bits per heavy atom. The van der Waals surface area contributed by atoms with E-state index in [4.69, 9.17) is 14.2 Å². The summed E-state index contributed by atoms with van der Waals surface area (Å²) in [5.74, 6) is 0.304. The molecule has 2 N–H and O–H groups in total. The molecule has 1 saturated heterocycles. The molecule has 0 spiro atoms. The molecule has 0 atom stereocenters. The molecule has 3 aromatic heterocycles. The molecule has 194 valence electrons. The van der Waals surface area contributed by atoms with Crippen LogP contribution >= 0.6 is 0 Å². The van der Waals surface area contributed by atoms with Gasteiger partial charge in [-0.15, -0.1) is 0 Å². The molecule has 0 saturated carbocycles. The molecule has 1 aliphatic rings. The number of aromatic amines is 1. The Morgan fingerprint density at radius 3 is 2.81 bits per heavy atom. The van der Waals surface area contributed by atoms with Crippen LogP contribution in [0, 0.1) is 0 Å². The molecule has 4 heterocycles. The fraction of sp³-hybridized carbons (Fsp3) is 0.417. The molecule has 0 aliphatic carbocycles. The number of imidazole rings is 1. The van der Waals surface area contributed by atoms with Gasteiger partial charge < -0.3 is 19.2 Å². The zero-order valence-electron chi connectivity index (χ0n) is 20.7. The van der Waals surface area contributed by atoms with Crippen LogP contribution in [0.5, 0.6) is 11.5 Å². The summed E-state index contributed by atoms with van der Waals surface area (Å²) < 4.78 is 18.4. The van der Waals surface area contributed by atoms with E-state index in [2.05, 4.69) is 35.1 Å². The maximum atomic E-state index is 13.3. The highest BCUT2D eigenvalue weighted by molar-refractivity contribution is 6.09. The van der Waals surface area contributed by atoms with E-state index >= 15 is 0 Å². The number of fused-ring (bicyclic) bond motifs is 2. The number of morpholine rings is 1. The number of carbonyl (C=O) groups excluding carboxylic acids is 1. The number of carbonyl (C=O) groups is 1. The van der Waals surface area contributed by atoms with Crippen molar-refractivity contribution in [2.24, 2.45) is 0 Å². The zero-order valence-corrected chi connectivity index (χ0v) is 20.7. The fourth-order valence-corrected chi connectivity index (χ4v) is 4.33. The lowest BCUT2D eigenvalue weighted by Crippen LogP contribution is -2.37. The summed E-state index contributed by atoms with van der Waals surface area (Å²) in [5, 5.41) is 3.06. The summed E-state index contributed by atoms with van der Waals surface area (Å²) in [5.41, 5.74) is 0.791. The Bertz CT molecular complexity index is 1480. The van der Waals surface area contributed by atoms with Crippen LogP contribution in [-0.4, -0.2) is 86.9 Å². The SMILES string of the molecule is CCn1c(NC(=O)c2ncnc3[nH]cnc23)nc2c(OC)c(OCCCN3CCOCC3)ccc2c1=O. The van der Waals surface area contributed by atoms with Gasteiger partial charge in [-0.05, 0) is 25.5 Å². The maximum absolute atomic E-state index is 13.3. The van der Waals surface area contributed by atoms with Crippen molar-refractivity contribution in [3.05, 3.63) is 40.8 Å². The first-order chi connectivity index (χ1) is 18.1. The minimum atomic E-state index is -0.567. The third-order valence-electron chi connectivity index (χ3n) is 6.20. The summed E-state index contributed by atoms with van der Waals surface area (Å²) in [4.78, 5) is 48.4. The Balaban J connectivity index is 1.42. The van der Waals surface area contributed by atoms with Gasteiger partial charge in [-0.2, -0.15) is 0 Å². The lowest BCUT2D eigenvalue weighted by Gasteiger charge is -2.26. The molecule has 0 unspecified atom stereocenters. The number of H-pyrrole nitrogens is 1. The Hall–Kier alpha value is -4.10. The van der Waals surface area contributed by atoms with E-state index in [0.717, 1.165) is 39.3 Å². The average molecular weight is 509 g/mol. The number of aromatic nitrogens is 6. The molecule has 5 rings (SSSR count). The van der Waals surface area contributed by atoms with Crippen molar-refractivity contribution in [3.8, 4) is 11.5 Å². The van der Waals surface area contributed by atoms with Gasteiger partial charge in [0.2, 0.25) is 5.95 Å². The van der Waals surface area contributed by atoms with E-state index in [1.54, 1.807) is 19.1 Å². The Kier molecular flexibility index (Phi) is 7.23. The molecule has 1 fully saturated rings. The standard InChI is InChI=1S/C24H28N8O5/c1-3-32-23(34)15-5-6-16(37-10-4-7-31-8-11-36-12-9-31)20(35-2)17(15)29-24(32)30-22(33)19-18-21(27-13-25-18)28-14-26-19/h5-6,13-14H,3-4,7-12H2,1-2H3,(H,29,30,33)(H,25,26,27,28). The smallest absolute Gasteiger partial charge is 0.279 e. The summed E-state index contributed by atoms with van der Waals surface area (Å²) in [6.07, 6.45) is 3.52. The Morgan fingerprint density at radius 2 is 2.03 bits per heavy atom. The van der Waals surface area contributed by atoms with E-state index in [9.17, 15) is 9.59 Å². The molecule has 1 aliphatic heterocycles. The van der Waals surface area contributed by atoms with Crippen LogP contribution < -0.4 is 20.3 Å². The first kappa shape index (κ1) is 24.6. The van der Waals surface area contributed by atoms with Crippen LogP contribution in [0.25, 0.3) is 22.1 Å². The van der Waals surface area contributed by atoms with Gasteiger partial charge in [0.1, 0.15) is 17.4 Å². The normalized spacial score (nSPS) is 14.2. The van der Waals surface area contributed by atoms with Gasteiger partial charge in [0.25, 0.3) is 11.5 Å². The number of rotatable bonds is 9. The first-order valence-corrected chi connectivity index (χ1v) is 12.1. The summed E-state index contributed by atoms with van der Waals surface area (Å²) in [6, 6.07) is 3.38. The molecule has 1 amide bonds. The highest BCUT2D eigenvalue weighted by atomic mass is 16.5. The largest absolute Gasteiger partial charge is 0.491 e. The second-order valence-electron chi connectivity index (χ2n) is 8.41. The van der Waals surface area contributed by atoms with E-state index in [1.165, 1.54) is 24.3 Å². The molecule has 4 aromatic rings. The Labute approximate surface area is 211 Å². The predicted octanol–water partition coefficient (Wildman–Crippen LogP) is 1.44. The van der Waals surface area contributed by atoms with E-state index in [-0.39, 0.29) is 17.2 Å². The number of benzene rings is 1. The third kappa shape index (κ3) is 4.95. The molecular weight excluding hydrogens is 480 g/mol. The van der Waals surface area contributed by atoms with Gasteiger partial charge >= 0.3 is 0 Å². The number of anilines is 1. The zero-order chi connectivity index (χ0) is 25.8. The van der Waals surface area contributed by atoms with Gasteiger partial charge in [-0.1, -0.05) is 0 Å². The van der Waals surface area contributed by atoms with Crippen LogP contribution in [0.4, 0.5) is 5.95 Å². The van der Waals surface area contributed by atoms with Crippen LogP contribution in [-0.2, 0) is 11.3 Å². The summed E-state index contributed by atoms with van der Waals surface area (Å²) in [6.45, 7) is 6.81. The van der Waals surface area contributed by atoms with Gasteiger partial charge in [-0.3, -0.25) is 24.4 Å². The van der Waals surface area contributed by atoms with Crippen LogP contribution in [0.1, 0.15) is 23.8 Å². The maximum Gasteiger partial charge on any atom is 0.279 e. The summed E-state index contributed by atoms with van der Waals surface area (Å²) in [7, 11) is 1.50. The molecule has 0 radical (unpaired) electrons. The third-order valence-corrected chi connectivity index (χ3v) is 6.20. The fourth-order valence-electron chi connectivity index (χ4n) is 4.33. The van der Waals surface area contributed by atoms with E-state index in [0.29, 0.717) is 46.7 Å². The average Bonchev–Trinajstić information content (AvgIpc) is 3.41. The molecule has 37 heavy (non-hydrogen) atoms. The van der Waals surface area contributed by atoms with Crippen molar-refractivity contribution in [2.45, 2.75) is 19.9 Å². The monoisotopic (exact) mass is 508 g/mol. The molecule has 13 nitrogen and oxygen atoms in total. The van der Waals surface area contributed by atoms with Crippen LogP contribution in [0.2, 0.25) is 0 Å². The number of ether oxygens (including phenoxy) is 3. The number of nitrogens with zero attached hydrogens (tertiary/aromatic N) is 6. The van der Waals surface area contributed by atoms with Crippen molar-refractivity contribution < 1.29 is 19.0 Å². The predicted molar refractivity (Wildman–Crippen MR) is 135 cm³/mol. The highest BCUT2D eigenvalue weighted by Crippen LogP contribution is 2.34. The van der Waals surface area contributed by atoms with E-state index < -0.39 is 5.91 Å². The van der Waals surface area contributed by atoms with Gasteiger partial charge in [0.05, 0.1) is 38.6 Å². The van der Waals surface area contributed by atoms with Crippen molar-refractivity contribution >= 4 is 33.9 Å². The number of nitrogens with one attached hydrogen (secondary N) is 2.